The smallest absolute Gasteiger partial charge is 0.338 e. The Labute approximate surface area is 169 Å². The Morgan fingerprint density at radius 3 is 2.45 bits per heavy atom. The summed E-state index contributed by atoms with van der Waals surface area (Å²) in [5, 5.41) is 6.28. The fraction of sp³-hybridized carbons (Fsp3) is 0.0833. The number of hydrogen-bond acceptors (Lipinski definition) is 4. The molecule has 0 aromatic heterocycles. The molecule has 5 heteroatoms. The highest BCUT2D eigenvalue weighted by Crippen LogP contribution is 2.37. The number of rotatable bonds is 5. The lowest BCUT2D eigenvalue weighted by Crippen LogP contribution is -2.10. The van der Waals surface area contributed by atoms with E-state index in [1.54, 1.807) is 25.1 Å². The summed E-state index contributed by atoms with van der Waals surface area (Å²) in [7, 11) is 0. The number of hydrogen-bond donors (Lipinski definition) is 2. The van der Waals surface area contributed by atoms with Crippen molar-refractivity contribution in [2.75, 3.05) is 17.2 Å². The Bertz CT molecular complexity index is 1100. The van der Waals surface area contributed by atoms with Gasteiger partial charge in [-0.25, -0.2) is 4.79 Å². The van der Waals surface area contributed by atoms with Crippen LogP contribution in [0.1, 0.15) is 28.4 Å². The van der Waals surface area contributed by atoms with Crippen LogP contribution in [0.2, 0.25) is 0 Å². The van der Waals surface area contributed by atoms with Gasteiger partial charge in [-0.2, -0.15) is 0 Å². The SMILES string of the molecule is CCOC(=O)c1cccc(N/C(=C2\C(=O)Nc3ccccc32)c2ccccc2)c1. The maximum absolute atomic E-state index is 12.8. The van der Waals surface area contributed by atoms with Crippen molar-refractivity contribution in [3.05, 3.63) is 95.6 Å². The first-order valence-electron chi connectivity index (χ1n) is 9.42. The van der Waals surface area contributed by atoms with Crippen molar-refractivity contribution in [2.24, 2.45) is 0 Å². The molecule has 1 amide bonds. The number of benzene rings is 3. The number of esters is 1. The highest BCUT2D eigenvalue weighted by Gasteiger charge is 2.28. The second kappa shape index (κ2) is 8.02. The molecule has 4 rings (SSSR count). The lowest BCUT2D eigenvalue weighted by Gasteiger charge is -2.15. The Morgan fingerprint density at radius 1 is 0.931 bits per heavy atom. The lowest BCUT2D eigenvalue weighted by molar-refractivity contribution is -0.110. The van der Waals surface area contributed by atoms with Gasteiger partial charge < -0.3 is 15.4 Å². The zero-order valence-corrected chi connectivity index (χ0v) is 15.9. The molecule has 0 atom stereocenters. The predicted molar refractivity (Wildman–Crippen MR) is 114 cm³/mol. The molecular formula is C24H20N2O3. The number of carbonyl (C=O) groups excluding carboxylic acids is 2. The largest absolute Gasteiger partial charge is 0.462 e. The average Bonchev–Trinajstić information content (AvgIpc) is 3.08. The molecule has 0 unspecified atom stereocenters. The van der Waals surface area contributed by atoms with Crippen LogP contribution in [0.4, 0.5) is 11.4 Å². The van der Waals surface area contributed by atoms with Crippen LogP contribution in [-0.4, -0.2) is 18.5 Å². The van der Waals surface area contributed by atoms with Gasteiger partial charge in [-0.05, 0) is 36.8 Å². The van der Waals surface area contributed by atoms with Crippen LogP contribution in [0.3, 0.4) is 0 Å². The van der Waals surface area contributed by atoms with Crippen LogP contribution >= 0.6 is 0 Å². The van der Waals surface area contributed by atoms with Gasteiger partial charge >= 0.3 is 5.97 Å². The maximum atomic E-state index is 12.8. The van der Waals surface area contributed by atoms with E-state index in [9.17, 15) is 9.59 Å². The van der Waals surface area contributed by atoms with E-state index in [4.69, 9.17) is 4.74 Å². The monoisotopic (exact) mass is 384 g/mol. The number of amides is 1. The summed E-state index contributed by atoms with van der Waals surface area (Å²) >= 11 is 0. The molecule has 0 radical (unpaired) electrons. The van der Waals surface area contributed by atoms with Crippen LogP contribution in [0, 0.1) is 0 Å². The second-order valence-electron chi connectivity index (χ2n) is 6.54. The number of anilines is 2. The minimum absolute atomic E-state index is 0.167. The van der Waals surface area contributed by atoms with Gasteiger partial charge in [0.15, 0.2) is 0 Å². The highest BCUT2D eigenvalue weighted by atomic mass is 16.5. The van der Waals surface area contributed by atoms with Gasteiger partial charge in [-0.3, -0.25) is 4.79 Å². The molecule has 0 spiro atoms. The van der Waals surface area contributed by atoms with Crippen molar-refractivity contribution < 1.29 is 14.3 Å². The van der Waals surface area contributed by atoms with Crippen LogP contribution in [0.15, 0.2) is 78.9 Å². The molecule has 0 saturated heterocycles. The lowest BCUT2D eigenvalue weighted by atomic mass is 10.00. The first kappa shape index (κ1) is 18.5. The van der Waals surface area contributed by atoms with Crippen molar-refractivity contribution in [3.63, 3.8) is 0 Å². The summed E-state index contributed by atoms with van der Waals surface area (Å²) in [5.74, 6) is -0.548. The maximum Gasteiger partial charge on any atom is 0.338 e. The van der Waals surface area contributed by atoms with E-state index in [0.29, 0.717) is 29.1 Å². The molecule has 3 aromatic carbocycles. The third-order valence-corrected chi connectivity index (χ3v) is 4.63. The van der Waals surface area contributed by atoms with Gasteiger partial charge in [-0.15, -0.1) is 0 Å². The molecule has 1 heterocycles. The van der Waals surface area contributed by atoms with E-state index in [1.807, 2.05) is 60.7 Å². The van der Waals surface area contributed by atoms with E-state index < -0.39 is 0 Å². The van der Waals surface area contributed by atoms with E-state index in [2.05, 4.69) is 10.6 Å². The Morgan fingerprint density at radius 2 is 1.66 bits per heavy atom. The van der Waals surface area contributed by atoms with Crippen molar-refractivity contribution in [3.8, 4) is 0 Å². The van der Waals surface area contributed by atoms with Crippen molar-refractivity contribution in [1.82, 2.24) is 0 Å². The number of para-hydroxylation sites is 1. The molecule has 29 heavy (non-hydrogen) atoms. The van der Waals surface area contributed by atoms with Gasteiger partial charge in [-0.1, -0.05) is 54.6 Å². The van der Waals surface area contributed by atoms with Crippen LogP contribution < -0.4 is 10.6 Å². The van der Waals surface area contributed by atoms with Crippen LogP contribution in [-0.2, 0) is 9.53 Å². The zero-order chi connectivity index (χ0) is 20.2. The minimum Gasteiger partial charge on any atom is -0.462 e. The molecule has 0 aliphatic carbocycles. The standard InChI is InChI=1S/C24H20N2O3/c1-2-29-24(28)17-11-8-12-18(15-17)25-22(16-9-4-3-5-10-16)21-19-13-6-7-14-20(19)26-23(21)27/h3-15,25H,2H2,1H3,(H,26,27)/b22-21-. The van der Waals surface area contributed by atoms with Gasteiger partial charge in [0.25, 0.3) is 5.91 Å². The zero-order valence-electron chi connectivity index (χ0n) is 15.9. The number of carbonyl (C=O) groups is 2. The van der Waals surface area contributed by atoms with E-state index in [-0.39, 0.29) is 11.9 Å². The fourth-order valence-electron chi connectivity index (χ4n) is 3.33. The normalized spacial score (nSPS) is 14.0. The van der Waals surface area contributed by atoms with E-state index >= 15 is 0 Å². The molecular weight excluding hydrogens is 364 g/mol. The van der Waals surface area contributed by atoms with E-state index in [0.717, 1.165) is 16.8 Å². The van der Waals surface area contributed by atoms with Gasteiger partial charge in [0.1, 0.15) is 0 Å². The molecule has 3 aromatic rings. The third-order valence-electron chi connectivity index (χ3n) is 4.63. The fourth-order valence-corrected chi connectivity index (χ4v) is 3.33. The average molecular weight is 384 g/mol. The first-order valence-corrected chi connectivity index (χ1v) is 9.42. The summed E-state index contributed by atoms with van der Waals surface area (Å²) in [6.07, 6.45) is 0. The quantitative estimate of drug-likeness (QED) is 0.490. The highest BCUT2D eigenvalue weighted by molar-refractivity contribution is 6.37. The predicted octanol–water partition coefficient (Wildman–Crippen LogP) is 4.80. The molecule has 2 N–H and O–H groups in total. The molecule has 1 aliphatic heterocycles. The Kier molecular flexibility index (Phi) is 5.12. The summed E-state index contributed by atoms with van der Waals surface area (Å²) < 4.78 is 5.09. The summed E-state index contributed by atoms with van der Waals surface area (Å²) in [5.41, 5.74) is 4.87. The molecule has 5 nitrogen and oxygen atoms in total. The summed E-state index contributed by atoms with van der Waals surface area (Å²) in [6, 6.07) is 24.3. The Hall–Kier alpha value is -3.86. The third kappa shape index (κ3) is 3.75. The molecule has 0 bridgehead atoms. The number of nitrogens with one attached hydrogen (secondary N) is 2. The molecule has 0 saturated carbocycles. The van der Waals surface area contributed by atoms with Crippen molar-refractivity contribution >= 4 is 34.5 Å². The van der Waals surface area contributed by atoms with Gasteiger partial charge in [0, 0.05) is 16.9 Å². The summed E-state index contributed by atoms with van der Waals surface area (Å²) in [6.45, 7) is 2.08. The molecule has 0 fully saturated rings. The minimum atomic E-state index is -0.381. The summed E-state index contributed by atoms with van der Waals surface area (Å²) in [4.78, 5) is 24.9. The second-order valence-corrected chi connectivity index (χ2v) is 6.54. The van der Waals surface area contributed by atoms with Crippen LogP contribution in [0.25, 0.3) is 11.3 Å². The van der Waals surface area contributed by atoms with Crippen LogP contribution in [0.5, 0.6) is 0 Å². The number of ether oxygens (including phenoxy) is 1. The first-order chi connectivity index (χ1) is 14.2. The molecule has 144 valence electrons. The van der Waals surface area contributed by atoms with Gasteiger partial charge in [0.05, 0.1) is 23.4 Å². The van der Waals surface area contributed by atoms with E-state index in [1.165, 1.54) is 0 Å². The van der Waals surface area contributed by atoms with Crippen molar-refractivity contribution in [2.45, 2.75) is 6.92 Å². The Balaban J connectivity index is 1.82. The van der Waals surface area contributed by atoms with Crippen molar-refractivity contribution in [1.29, 1.82) is 0 Å². The topological polar surface area (TPSA) is 67.4 Å². The number of fused-ring (bicyclic) bond motifs is 1. The molecule has 1 aliphatic rings. The van der Waals surface area contributed by atoms with Gasteiger partial charge in [0.2, 0.25) is 0 Å².